The number of carbonyl (C=O) groups excluding carboxylic acids is 2. The molecule has 3 rings (SSSR count). The summed E-state index contributed by atoms with van der Waals surface area (Å²) in [6.45, 7) is 6.46. The maximum absolute atomic E-state index is 12.2. The van der Waals surface area contributed by atoms with Crippen LogP contribution in [0.3, 0.4) is 0 Å². The molecule has 0 atom stereocenters. The van der Waals surface area contributed by atoms with Crippen LogP contribution < -0.4 is 4.74 Å². The minimum atomic E-state index is -0.920. The van der Waals surface area contributed by atoms with Gasteiger partial charge in [0.2, 0.25) is 0 Å². The minimum Gasteiger partial charge on any atom is -0.449 e. The highest BCUT2D eigenvalue weighted by Crippen LogP contribution is 2.44. The van der Waals surface area contributed by atoms with Crippen LogP contribution in [-0.4, -0.2) is 17.5 Å². The lowest BCUT2D eigenvalue weighted by molar-refractivity contribution is 0.0210. The van der Waals surface area contributed by atoms with Crippen molar-refractivity contribution < 1.29 is 23.5 Å². The number of ether oxygens (including phenoxy) is 2. The molecule has 3 aromatic rings. The van der Waals surface area contributed by atoms with Crippen molar-refractivity contribution in [2.24, 2.45) is 5.18 Å². The first-order valence-electron chi connectivity index (χ1n) is 7.94. The van der Waals surface area contributed by atoms with E-state index >= 15 is 0 Å². The molecule has 0 aliphatic rings. The molecule has 26 heavy (non-hydrogen) atoms. The summed E-state index contributed by atoms with van der Waals surface area (Å²) in [6.07, 6.45) is -0.920. The van der Waals surface area contributed by atoms with E-state index in [1.165, 1.54) is 13.0 Å². The Labute approximate surface area is 148 Å². The van der Waals surface area contributed by atoms with E-state index in [2.05, 4.69) is 5.18 Å². The second kappa shape index (κ2) is 6.25. The lowest BCUT2D eigenvalue weighted by Gasteiger charge is -2.19. The Bertz CT molecular complexity index is 1040. The number of fused-ring (bicyclic) bond motifs is 2. The smallest absolute Gasteiger partial charge is 0.449 e. The van der Waals surface area contributed by atoms with Crippen molar-refractivity contribution in [3.63, 3.8) is 0 Å². The molecule has 1 heterocycles. The molecule has 0 spiro atoms. The molecule has 7 heteroatoms. The van der Waals surface area contributed by atoms with Gasteiger partial charge in [-0.15, -0.1) is 4.91 Å². The van der Waals surface area contributed by atoms with Gasteiger partial charge in [-0.2, -0.15) is 0 Å². The molecule has 0 bridgehead atoms. The highest BCUT2D eigenvalue weighted by Gasteiger charge is 2.25. The molecular formula is C19H17NO6. The first-order chi connectivity index (χ1) is 12.2. The molecule has 0 aliphatic heterocycles. The molecule has 7 nitrogen and oxygen atoms in total. The monoisotopic (exact) mass is 355 g/mol. The Hall–Kier alpha value is -3.22. The van der Waals surface area contributed by atoms with Crippen LogP contribution >= 0.6 is 0 Å². The third kappa shape index (κ3) is 3.15. The van der Waals surface area contributed by atoms with E-state index in [0.717, 1.165) is 0 Å². The zero-order chi connectivity index (χ0) is 19.1. The fourth-order valence-electron chi connectivity index (χ4n) is 2.62. The number of hydrogen-bond acceptors (Lipinski definition) is 7. The number of nitroso groups, excluding NO2 is 1. The highest BCUT2D eigenvalue weighted by molar-refractivity contribution is 6.15. The summed E-state index contributed by atoms with van der Waals surface area (Å²) in [5, 5.41) is 4.31. The molecule has 0 fully saturated rings. The van der Waals surface area contributed by atoms with Crippen LogP contribution in [0.4, 0.5) is 10.5 Å². The Morgan fingerprint density at radius 2 is 1.73 bits per heavy atom. The van der Waals surface area contributed by atoms with Crippen LogP contribution in [0.2, 0.25) is 0 Å². The quantitative estimate of drug-likeness (QED) is 0.266. The van der Waals surface area contributed by atoms with Crippen LogP contribution in [-0.2, 0) is 4.74 Å². The predicted octanol–water partition coefficient (Wildman–Crippen LogP) is 5.50. The molecule has 1 aromatic heterocycles. The number of nitrogens with zero attached hydrogens (tertiary/aromatic N) is 1. The topological polar surface area (TPSA) is 95.2 Å². The summed E-state index contributed by atoms with van der Waals surface area (Å²) < 4.78 is 16.2. The zero-order valence-electron chi connectivity index (χ0n) is 14.8. The van der Waals surface area contributed by atoms with Crippen LogP contribution in [0.1, 0.15) is 38.2 Å². The highest BCUT2D eigenvalue weighted by atomic mass is 16.7. The Morgan fingerprint density at radius 3 is 2.31 bits per heavy atom. The van der Waals surface area contributed by atoms with Crippen molar-refractivity contribution in [1.29, 1.82) is 0 Å². The van der Waals surface area contributed by atoms with Gasteiger partial charge >= 0.3 is 6.16 Å². The summed E-state index contributed by atoms with van der Waals surface area (Å²) >= 11 is 0. The van der Waals surface area contributed by atoms with Gasteiger partial charge in [-0.1, -0.05) is 24.3 Å². The van der Waals surface area contributed by atoms with Gasteiger partial charge in [0.05, 0.1) is 5.39 Å². The van der Waals surface area contributed by atoms with Gasteiger partial charge in [0, 0.05) is 17.7 Å². The number of ketones is 1. The minimum absolute atomic E-state index is 0.0363. The Morgan fingerprint density at radius 1 is 1.08 bits per heavy atom. The Balaban J connectivity index is 2.29. The van der Waals surface area contributed by atoms with E-state index in [4.69, 9.17) is 13.9 Å². The van der Waals surface area contributed by atoms with Gasteiger partial charge in [0.15, 0.2) is 22.9 Å². The number of furan rings is 1. The number of rotatable bonds is 3. The predicted molar refractivity (Wildman–Crippen MR) is 96.0 cm³/mol. The van der Waals surface area contributed by atoms with Crippen LogP contribution in [0.5, 0.6) is 5.75 Å². The van der Waals surface area contributed by atoms with Crippen molar-refractivity contribution in [3.05, 3.63) is 41.0 Å². The molecule has 0 N–H and O–H groups in total. The maximum atomic E-state index is 12.2. The van der Waals surface area contributed by atoms with Crippen molar-refractivity contribution in [2.45, 2.75) is 33.3 Å². The average Bonchev–Trinajstić information content (AvgIpc) is 2.98. The van der Waals surface area contributed by atoms with E-state index in [9.17, 15) is 14.5 Å². The van der Waals surface area contributed by atoms with Gasteiger partial charge in [-0.25, -0.2) is 4.79 Å². The summed E-state index contributed by atoms with van der Waals surface area (Å²) in [7, 11) is 0. The summed E-state index contributed by atoms with van der Waals surface area (Å²) in [4.78, 5) is 35.3. The lowest BCUT2D eigenvalue weighted by atomic mass is 10.0. The van der Waals surface area contributed by atoms with Crippen LogP contribution in [0.15, 0.2) is 39.9 Å². The second-order valence-electron chi connectivity index (χ2n) is 6.79. The SMILES string of the molecule is CC(=O)c1cc2c(N=O)c3ccccc3c(OC(=O)OC(C)(C)C)c2o1. The summed E-state index contributed by atoms with van der Waals surface area (Å²) in [5.74, 6) is -0.218. The third-order valence-electron chi connectivity index (χ3n) is 3.63. The van der Waals surface area contributed by atoms with Crippen molar-refractivity contribution in [3.8, 4) is 5.75 Å². The van der Waals surface area contributed by atoms with Crippen molar-refractivity contribution in [1.82, 2.24) is 0 Å². The zero-order valence-corrected chi connectivity index (χ0v) is 14.8. The lowest BCUT2D eigenvalue weighted by Crippen LogP contribution is -2.26. The first kappa shape index (κ1) is 17.6. The average molecular weight is 355 g/mol. The number of carbonyl (C=O) groups is 2. The summed E-state index contributed by atoms with van der Waals surface area (Å²) in [6, 6.07) is 8.21. The van der Waals surface area contributed by atoms with Gasteiger partial charge in [-0.3, -0.25) is 4.79 Å². The largest absolute Gasteiger partial charge is 0.514 e. The maximum Gasteiger partial charge on any atom is 0.514 e. The Kier molecular flexibility index (Phi) is 4.23. The van der Waals surface area contributed by atoms with E-state index in [1.807, 2.05) is 0 Å². The molecule has 134 valence electrons. The van der Waals surface area contributed by atoms with E-state index in [1.54, 1.807) is 45.0 Å². The molecule has 0 saturated heterocycles. The number of benzene rings is 2. The van der Waals surface area contributed by atoms with E-state index < -0.39 is 11.8 Å². The van der Waals surface area contributed by atoms with Crippen molar-refractivity contribution in [2.75, 3.05) is 0 Å². The molecule has 0 unspecified atom stereocenters. The standard InChI is InChI=1S/C19H17NO6/c1-10(21)14-9-13-15(20-23)11-7-5-6-8-12(11)16(17(13)24-14)25-18(22)26-19(2,3)4/h5-9H,1-4H3. The third-order valence-corrected chi connectivity index (χ3v) is 3.63. The molecule has 2 aromatic carbocycles. The second-order valence-corrected chi connectivity index (χ2v) is 6.79. The van der Waals surface area contributed by atoms with E-state index in [-0.39, 0.29) is 28.6 Å². The van der Waals surface area contributed by atoms with Gasteiger partial charge in [-0.05, 0) is 32.0 Å². The van der Waals surface area contributed by atoms with Gasteiger partial charge in [0.1, 0.15) is 11.3 Å². The molecule has 0 saturated carbocycles. The summed E-state index contributed by atoms with van der Waals surface area (Å²) in [5.41, 5.74) is -0.540. The molecular weight excluding hydrogens is 338 g/mol. The number of hydrogen-bond donors (Lipinski definition) is 0. The molecule has 0 radical (unpaired) electrons. The fourth-order valence-corrected chi connectivity index (χ4v) is 2.62. The van der Waals surface area contributed by atoms with Gasteiger partial charge < -0.3 is 13.9 Å². The fraction of sp³-hybridized carbons (Fsp3) is 0.263. The number of Topliss-reactive ketones (excluding diaryl/α,β-unsaturated/α-hetero) is 1. The van der Waals surface area contributed by atoms with Gasteiger partial charge in [0.25, 0.3) is 0 Å². The normalized spacial score (nSPS) is 11.5. The van der Waals surface area contributed by atoms with Crippen LogP contribution in [0.25, 0.3) is 21.7 Å². The van der Waals surface area contributed by atoms with E-state index in [0.29, 0.717) is 16.2 Å². The first-order valence-corrected chi connectivity index (χ1v) is 7.94. The molecule has 0 amide bonds. The van der Waals surface area contributed by atoms with Crippen LogP contribution in [0, 0.1) is 4.91 Å². The van der Waals surface area contributed by atoms with Crippen molar-refractivity contribution >= 4 is 39.4 Å². The molecule has 0 aliphatic carbocycles.